The van der Waals surface area contributed by atoms with Crippen LogP contribution in [0.4, 0.5) is 0 Å². The lowest BCUT2D eigenvalue weighted by Crippen LogP contribution is -2.28. The van der Waals surface area contributed by atoms with Gasteiger partial charge in [0, 0.05) is 43.0 Å². The van der Waals surface area contributed by atoms with Crippen molar-refractivity contribution in [2.45, 2.75) is 37.6 Å². The molecule has 6 nitrogen and oxygen atoms in total. The van der Waals surface area contributed by atoms with Crippen LogP contribution < -0.4 is 5.32 Å². The largest absolute Gasteiger partial charge is 0.352 e. The molecule has 0 saturated carbocycles. The molecule has 1 N–H and O–H groups in total. The normalized spacial score (nSPS) is 15.0. The highest BCUT2D eigenvalue weighted by molar-refractivity contribution is 7.89. The molecule has 1 fully saturated rings. The molecule has 0 aliphatic carbocycles. The molecule has 7 heteroatoms. The molecule has 1 saturated heterocycles. The van der Waals surface area contributed by atoms with Gasteiger partial charge in [-0.15, -0.1) is 0 Å². The maximum Gasteiger partial charge on any atom is 0.251 e. The van der Waals surface area contributed by atoms with Crippen LogP contribution in [-0.4, -0.2) is 42.8 Å². The number of rotatable bonds is 7. The number of fused-ring (bicyclic) bond motifs is 1. The van der Waals surface area contributed by atoms with Gasteiger partial charge < -0.3 is 9.88 Å². The van der Waals surface area contributed by atoms with Crippen LogP contribution in [0.2, 0.25) is 0 Å². The summed E-state index contributed by atoms with van der Waals surface area (Å²) < 4.78 is 28.9. The first-order valence-corrected chi connectivity index (χ1v) is 11.8. The van der Waals surface area contributed by atoms with E-state index >= 15 is 0 Å². The van der Waals surface area contributed by atoms with Crippen LogP contribution in [0.25, 0.3) is 10.9 Å². The van der Waals surface area contributed by atoms with Gasteiger partial charge in [-0.25, -0.2) is 8.42 Å². The minimum Gasteiger partial charge on any atom is -0.352 e. The third-order valence-electron chi connectivity index (χ3n) is 5.68. The van der Waals surface area contributed by atoms with E-state index in [9.17, 15) is 13.2 Å². The summed E-state index contributed by atoms with van der Waals surface area (Å²) in [5, 5.41) is 4.16. The van der Waals surface area contributed by atoms with E-state index in [0.717, 1.165) is 25.8 Å². The first-order chi connectivity index (χ1) is 14.5. The number of para-hydroxylation sites is 1. The van der Waals surface area contributed by atoms with E-state index in [1.54, 1.807) is 12.1 Å². The van der Waals surface area contributed by atoms with Gasteiger partial charge in [-0.2, -0.15) is 4.31 Å². The van der Waals surface area contributed by atoms with Crippen LogP contribution in [-0.2, 0) is 16.6 Å². The van der Waals surface area contributed by atoms with Gasteiger partial charge in [-0.1, -0.05) is 18.2 Å². The van der Waals surface area contributed by atoms with Gasteiger partial charge >= 0.3 is 0 Å². The van der Waals surface area contributed by atoms with E-state index in [4.69, 9.17) is 0 Å². The first-order valence-electron chi connectivity index (χ1n) is 10.4. The molecular formula is C23H27N3O3S. The van der Waals surface area contributed by atoms with Crippen LogP contribution in [0.3, 0.4) is 0 Å². The van der Waals surface area contributed by atoms with Crippen molar-refractivity contribution in [1.82, 2.24) is 14.2 Å². The maximum absolute atomic E-state index is 12.6. The van der Waals surface area contributed by atoms with Crippen molar-refractivity contribution in [3.63, 3.8) is 0 Å². The summed E-state index contributed by atoms with van der Waals surface area (Å²) in [6, 6.07) is 16.7. The Hall–Kier alpha value is -2.64. The zero-order valence-corrected chi connectivity index (χ0v) is 18.0. The standard InChI is InChI=1S/C23H27N3O3S/c1-18-17-20-7-2-3-8-22(20)26(18)16-6-13-24-23(27)19-9-11-21(12-10-19)30(28,29)25-14-4-5-15-25/h2-3,7-12,17H,4-6,13-16H2,1H3,(H,24,27). The van der Waals surface area contributed by atoms with E-state index in [-0.39, 0.29) is 10.8 Å². The Morgan fingerprint density at radius 1 is 1.03 bits per heavy atom. The average molecular weight is 426 g/mol. The lowest BCUT2D eigenvalue weighted by molar-refractivity contribution is 0.0952. The summed E-state index contributed by atoms with van der Waals surface area (Å²) in [4.78, 5) is 12.7. The number of nitrogens with one attached hydrogen (secondary N) is 1. The number of carbonyl (C=O) groups excluding carboxylic acids is 1. The molecule has 0 atom stereocenters. The molecule has 1 amide bonds. The summed E-state index contributed by atoms with van der Waals surface area (Å²) in [7, 11) is -3.45. The van der Waals surface area contributed by atoms with Gasteiger partial charge in [0.2, 0.25) is 10.0 Å². The van der Waals surface area contributed by atoms with E-state index in [1.165, 1.54) is 33.0 Å². The average Bonchev–Trinajstić information content (AvgIpc) is 3.40. The Bertz CT molecular complexity index is 1140. The Kier molecular flexibility index (Phi) is 5.92. The second-order valence-electron chi connectivity index (χ2n) is 7.74. The Morgan fingerprint density at radius 3 is 2.47 bits per heavy atom. The fourth-order valence-electron chi connectivity index (χ4n) is 4.04. The van der Waals surface area contributed by atoms with Gasteiger partial charge in [0.15, 0.2) is 0 Å². The minimum atomic E-state index is -3.45. The third kappa shape index (κ3) is 4.13. The molecule has 1 aromatic heterocycles. The second kappa shape index (κ2) is 8.62. The van der Waals surface area contributed by atoms with Gasteiger partial charge in [-0.05, 0) is 68.0 Å². The number of benzene rings is 2. The quantitative estimate of drug-likeness (QED) is 0.589. The van der Waals surface area contributed by atoms with Crippen molar-refractivity contribution < 1.29 is 13.2 Å². The topological polar surface area (TPSA) is 71.4 Å². The number of hydrogen-bond acceptors (Lipinski definition) is 3. The number of aryl methyl sites for hydroxylation is 2. The van der Waals surface area contributed by atoms with Gasteiger partial charge in [0.05, 0.1) is 4.90 Å². The van der Waals surface area contributed by atoms with Gasteiger partial charge in [-0.3, -0.25) is 4.79 Å². The van der Waals surface area contributed by atoms with Crippen LogP contribution in [0, 0.1) is 6.92 Å². The van der Waals surface area contributed by atoms with Crippen LogP contribution in [0.1, 0.15) is 35.3 Å². The summed E-state index contributed by atoms with van der Waals surface area (Å²) in [5.41, 5.74) is 2.88. The summed E-state index contributed by atoms with van der Waals surface area (Å²) in [6.45, 7) is 4.61. The zero-order chi connectivity index (χ0) is 21.1. The van der Waals surface area contributed by atoms with E-state index in [2.05, 4.69) is 35.0 Å². The molecule has 3 aromatic rings. The molecule has 4 rings (SSSR count). The molecule has 0 bridgehead atoms. The number of aromatic nitrogens is 1. The number of carbonyl (C=O) groups is 1. The summed E-state index contributed by atoms with van der Waals surface area (Å²) >= 11 is 0. The SMILES string of the molecule is Cc1cc2ccccc2n1CCCNC(=O)c1ccc(S(=O)(=O)N2CCCC2)cc1. The van der Waals surface area contributed by atoms with E-state index < -0.39 is 10.0 Å². The fourth-order valence-corrected chi connectivity index (χ4v) is 5.56. The van der Waals surface area contributed by atoms with E-state index in [0.29, 0.717) is 25.2 Å². The molecule has 0 unspecified atom stereocenters. The molecule has 2 heterocycles. The highest BCUT2D eigenvalue weighted by atomic mass is 32.2. The van der Waals surface area contributed by atoms with Crippen molar-refractivity contribution in [2.75, 3.05) is 19.6 Å². The lowest BCUT2D eigenvalue weighted by Gasteiger charge is -2.15. The van der Waals surface area contributed by atoms with Crippen LogP contribution >= 0.6 is 0 Å². The van der Waals surface area contributed by atoms with Crippen molar-refractivity contribution in [3.8, 4) is 0 Å². The van der Waals surface area contributed by atoms with Crippen LogP contribution in [0.5, 0.6) is 0 Å². The van der Waals surface area contributed by atoms with Crippen molar-refractivity contribution in [2.24, 2.45) is 0 Å². The molecule has 1 aliphatic rings. The molecule has 1 aliphatic heterocycles. The zero-order valence-electron chi connectivity index (χ0n) is 17.2. The van der Waals surface area contributed by atoms with Crippen molar-refractivity contribution >= 4 is 26.8 Å². The highest BCUT2D eigenvalue weighted by Gasteiger charge is 2.27. The number of hydrogen-bond donors (Lipinski definition) is 1. The van der Waals surface area contributed by atoms with Crippen LogP contribution in [0.15, 0.2) is 59.5 Å². The van der Waals surface area contributed by atoms with E-state index in [1.807, 2.05) is 12.1 Å². The predicted octanol–water partition coefficient (Wildman–Crippen LogP) is 3.55. The molecule has 158 valence electrons. The first kappa shape index (κ1) is 20.6. The van der Waals surface area contributed by atoms with Crippen molar-refractivity contribution in [3.05, 3.63) is 65.9 Å². The smallest absolute Gasteiger partial charge is 0.251 e. The summed E-state index contributed by atoms with van der Waals surface area (Å²) in [5.74, 6) is -0.186. The number of nitrogens with zero attached hydrogens (tertiary/aromatic N) is 2. The predicted molar refractivity (Wildman–Crippen MR) is 118 cm³/mol. The molecule has 2 aromatic carbocycles. The molecular weight excluding hydrogens is 398 g/mol. The third-order valence-corrected chi connectivity index (χ3v) is 7.59. The lowest BCUT2D eigenvalue weighted by atomic mass is 10.2. The highest BCUT2D eigenvalue weighted by Crippen LogP contribution is 2.21. The second-order valence-corrected chi connectivity index (χ2v) is 9.68. The fraction of sp³-hybridized carbons (Fsp3) is 0.348. The Labute approximate surface area is 177 Å². The number of amides is 1. The molecule has 0 spiro atoms. The maximum atomic E-state index is 12.6. The monoisotopic (exact) mass is 425 g/mol. The Morgan fingerprint density at radius 2 is 1.73 bits per heavy atom. The van der Waals surface area contributed by atoms with Gasteiger partial charge in [0.1, 0.15) is 0 Å². The number of sulfonamides is 1. The summed E-state index contributed by atoms with van der Waals surface area (Å²) in [6.07, 6.45) is 2.61. The Balaban J connectivity index is 1.32. The van der Waals surface area contributed by atoms with Crippen molar-refractivity contribution in [1.29, 1.82) is 0 Å². The van der Waals surface area contributed by atoms with Gasteiger partial charge in [0.25, 0.3) is 5.91 Å². The minimum absolute atomic E-state index is 0.186. The molecule has 0 radical (unpaired) electrons. The molecule has 30 heavy (non-hydrogen) atoms.